The second kappa shape index (κ2) is 6.97. The maximum Gasteiger partial charge on any atom is 0.289 e. The highest BCUT2D eigenvalue weighted by Gasteiger charge is 2.21. The van der Waals surface area contributed by atoms with Gasteiger partial charge < -0.3 is 9.32 Å². The summed E-state index contributed by atoms with van der Waals surface area (Å²) in [6.07, 6.45) is 5.18. The van der Waals surface area contributed by atoms with Gasteiger partial charge in [0, 0.05) is 18.8 Å². The van der Waals surface area contributed by atoms with Gasteiger partial charge in [0.05, 0.1) is 6.26 Å². The maximum atomic E-state index is 12.2. The molecule has 0 saturated carbocycles. The predicted octanol–water partition coefficient (Wildman–Crippen LogP) is 3.20. The van der Waals surface area contributed by atoms with Gasteiger partial charge in [0.15, 0.2) is 5.76 Å². The van der Waals surface area contributed by atoms with Crippen LogP contribution in [0.1, 0.15) is 34.8 Å². The van der Waals surface area contributed by atoms with Crippen molar-refractivity contribution >= 4 is 5.91 Å². The normalized spacial score (nSPS) is 14.1. The number of rotatable bonds is 1. The number of hydrogen-bond donors (Lipinski definition) is 0. The number of likely N-dealkylation sites (tertiary alicyclic amines) is 1. The SMILES string of the molecule is Cc1cccc(C#CC=C2CCN(C(=O)c3ccco3)CC2)n1. The van der Waals surface area contributed by atoms with E-state index in [9.17, 15) is 4.79 Å². The number of pyridine rings is 1. The highest BCUT2D eigenvalue weighted by atomic mass is 16.3. The summed E-state index contributed by atoms with van der Waals surface area (Å²) in [6.45, 7) is 3.36. The van der Waals surface area contributed by atoms with Crippen LogP contribution in [0.5, 0.6) is 0 Å². The van der Waals surface area contributed by atoms with Crippen LogP contribution < -0.4 is 0 Å². The van der Waals surface area contributed by atoms with E-state index in [0.29, 0.717) is 18.8 Å². The molecule has 2 aromatic rings. The van der Waals surface area contributed by atoms with E-state index in [2.05, 4.69) is 16.8 Å². The highest BCUT2D eigenvalue weighted by molar-refractivity contribution is 5.91. The predicted molar refractivity (Wildman–Crippen MR) is 87.8 cm³/mol. The lowest BCUT2D eigenvalue weighted by molar-refractivity contribution is 0.0711. The minimum atomic E-state index is -0.0379. The largest absolute Gasteiger partial charge is 0.459 e. The fourth-order valence-electron chi connectivity index (χ4n) is 2.52. The standard InChI is InChI=1S/C19H18N2O2/c1-15-5-2-7-17(20-15)8-3-6-16-10-12-21(13-11-16)19(22)18-9-4-14-23-18/h2,4-7,9,14H,10-13H2,1H3. The Balaban J connectivity index is 1.58. The first-order valence-corrected chi connectivity index (χ1v) is 7.68. The van der Waals surface area contributed by atoms with Gasteiger partial charge in [0.25, 0.3) is 5.91 Å². The molecule has 1 aliphatic rings. The number of piperidine rings is 1. The Hall–Kier alpha value is -2.80. The number of aryl methyl sites for hydroxylation is 1. The number of carbonyl (C=O) groups is 1. The summed E-state index contributed by atoms with van der Waals surface area (Å²) in [7, 11) is 0. The highest BCUT2D eigenvalue weighted by Crippen LogP contribution is 2.18. The summed E-state index contributed by atoms with van der Waals surface area (Å²) in [4.78, 5) is 18.4. The zero-order chi connectivity index (χ0) is 16.1. The Morgan fingerprint density at radius 2 is 2.09 bits per heavy atom. The fraction of sp³-hybridized carbons (Fsp3) is 0.263. The molecule has 4 heteroatoms. The van der Waals surface area contributed by atoms with E-state index < -0.39 is 0 Å². The van der Waals surface area contributed by atoms with E-state index in [0.717, 1.165) is 24.2 Å². The van der Waals surface area contributed by atoms with Gasteiger partial charge in [0.1, 0.15) is 5.69 Å². The van der Waals surface area contributed by atoms with Crippen LogP contribution in [0.3, 0.4) is 0 Å². The van der Waals surface area contributed by atoms with E-state index in [1.807, 2.05) is 36.1 Å². The summed E-state index contributed by atoms with van der Waals surface area (Å²) in [6, 6.07) is 9.25. The molecule has 0 spiro atoms. The molecule has 2 aromatic heterocycles. The van der Waals surface area contributed by atoms with E-state index in [1.54, 1.807) is 12.1 Å². The van der Waals surface area contributed by atoms with E-state index in [-0.39, 0.29) is 5.91 Å². The topological polar surface area (TPSA) is 46.3 Å². The van der Waals surface area contributed by atoms with Gasteiger partial charge >= 0.3 is 0 Å². The lowest BCUT2D eigenvalue weighted by Gasteiger charge is -2.27. The number of aromatic nitrogens is 1. The fourth-order valence-corrected chi connectivity index (χ4v) is 2.52. The molecule has 0 aliphatic carbocycles. The number of furan rings is 1. The Morgan fingerprint density at radius 3 is 2.78 bits per heavy atom. The van der Waals surface area contributed by atoms with Crippen LogP contribution in [0.15, 0.2) is 52.7 Å². The summed E-state index contributed by atoms with van der Waals surface area (Å²) < 4.78 is 5.16. The maximum absolute atomic E-state index is 12.2. The van der Waals surface area contributed by atoms with Gasteiger partial charge in [-0.2, -0.15) is 0 Å². The quantitative estimate of drug-likeness (QED) is 0.760. The number of carbonyl (C=O) groups excluding carboxylic acids is 1. The second-order valence-electron chi connectivity index (χ2n) is 5.51. The van der Waals surface area contributed by atoms with Gasteiger partial charge in [-0.05, 0) is 56.0 Å². The van der Waals surface area contributed by atoms with Crippen molar-refractivity contribution in [3.63, 3.8) is 0 Å². The number of amides is 1. The van der Waals surface area contributed by atoms with Crippen molar-refractivity contribution in [3.8, 4) is 11.8 Å². The summed E-state index contributed by atoms with van der Waals surface area (Å²) >= 11 is 0. The smallest absolute Gasteiger partial charge is 0.289 e. The monoisotopic (exact) mass is 306 g/mol. The lowest BCUT2D eigenvalue weighted by atomic mass is 10.0. The zero-order valence-electron chi connectivity index (χ0n) is 13.1. The molecule has 0 atom stereocenters. The van der Waals surface area contributed by atoms with Crippen LogP contribution in [0.25, 0.3) is 0 Å². The Labute approximate surface area is 135 Å². The van der Waals surface area contributed by atoms with Gasteiger partial charge in [-0.3, -0.25) is 4.79 Å². The summed E-state index contributed by atoms with van der Waals surface area (Å²) in [5, 5.41) is 0. The van der Waals surface area contributed by atoms with E-state index in [1.165, 1.54) is 11.8 Å². The van der Waals surface area contributed by atoms with Crippen molar-refractivity contribution in [2.75, 3.05) is 13.1 Å². The van der Waals surface area contributed by atoms with E-state index >= 15 is 0 Å². The van der Waals surface area contributed by atoms with Crippen molar-refractivity contribution in [2.45, 2.75) is 19.8 Å². The summed E-state index contributed by atoms with van der Waals surface area (Å²) in [5.74, 6) is 6.50. The number of allylic oxidation sites excluding steroid dienone is 1. The van der Waals surface area contributed by atoms with Crippen LogP contribution in [0, 0.1) is 18.8 Å². The van der Waals surface area contributed by atoms with Crippen molar-refractivity contribution < 1.29 is 9.21 Å². The molecule has 0 unspecified atom stereocenters. The Kier molecular flexibility index (Phi) is 4.58. The molecular formula is C19H18N2O2. The van der Waals surface area contributed by atoms with Crippen molar-refractivity contribution in [1.29, 1.82) is 0 Å². The molecular weight excluding hydrogens is 288 g/mol. The average Bonchev–Trinajstić information content (AvgIpc) is 3.09. The Morgan fingerprint density at radius 1 is 1.26 bits per heavy atom. The van der Waals surface area contributed by atoms with Crippen LogP contribution in [-0.4, -0.2) is 28.9 Å². The first-order chi connectivity index (χ1) is 11.2. The molecule has 1 amide bonds. The van der Waals surface area contributed by atoms with Crippen molar-refractivity contribution in [1.82, 2.24) is 9.88 Å². The van der Waals surface area contributed by atoms with Gasteiger partial charge in [-0.25, -0.2) is 4.98 Å². The van der Waals surface area contributed by atoms with Gasteiger partial charge in [-0.15, -0.1) is 0 Å². The molecule has 0 radical (unpaired) electrons. The van der Waals surface area contributed by atoms with Gasteiger partial charge in [0.2, 0.25) is 0 Å². The van der Waals surface area contributed by atoms with Crippen LogP contribution in [-0.2, 0) is 0 Å². The third-order valence-electron chi connectivity index (χ3n) is 3.79. The lowest BCUT2D eigenvalue weighted by Crippen LogP contribution is -2.36. The molecule has 0 aromatic carbocycles. The van der Waals surface area contributed by atoms with Crippen molar-refractivity contribution in [3.05, 3.63) is 65.4 Å². The third kappa shape index (κ3) is 3.89. The molecule has 23 heavy (non-hydrogen) atoms. The van der Waals surface area contributed by atoms with Crippen LogP contribution in [0.2, 0.25) is 0 Å². The molecule has 0 N–H and O–H groups in total. The third-order valence-corrected chi connectivity index (χ3v) is 3.79. The Bertz CT molecular complexity index is 769. The summed E-state index contributed by atoms with van der Waals surface area (Å²) in [5.41, 5.74) is 3.02. The molecule has 116 valence electrons. The molecule has 1 aliphatic heterocycles. The minimum Gasteiger partial charge on any atom is -0.459 e. The van der Waals surface area contributed by atoms with Gasteiger partial charge in [-0.1, -0.05) is 17.6 Å². The second-order valence-corrected chi connectivity index (χ2v) is 5.51. The minimum absolute atomic E-state index is 0.0379. The molecule has 1 saturated heterocycles. The van der Waals surface area contributed by atoms with Crippen LogP contribution in [0.4, 0.5) is 0 Å². The van der Waals surface area contributed by atoms with E-state index in [4.69, 9.17) is 4.42 Å². The first-order valence-electron chi connectivity index (χ1n) is 7.68. The van der Waals surface area contributed by atoms with Crippen molar-refractivity contribution in [2.24, 2.45) is 0 Å². The zero-order valence-corrected chi connectivity index (χ0v) is 13.1. The number of nitrogens with zero attached hydrogens (tertiary/aromatic N) is 2. The molecule has 3 heterocycles. The molecule has 4 nitrogen and oxygen atoms in total. The number of hydrogen-bond acceptors (Lipinski definition) is 3. The molecule has 1 fully saturated rings. The molecule has 3 rings (SSSR count). The average molecular weight is 306 g/mol. The van der Waals surface area contributed by atoms with Crippen LogP contribution >= 0.6 is 0 Å². The molecule has 0 bridgehead atoms. The first kappa shape index (κ1) is 15.1.